The summed E-state index contributed by atoms with van der Waals surface area (Å²) in [6.45, 7) is 3.39. The van der Waals surface area contributed by atoms with Crippen molar-refractivity contribution in [3.63, 3.8) is 0 Å². The van der Waals surface area contributed by atoms with E-state index >= 15 is 0 Å². The summed E-state index contributed by atoms with van der Waals surface area (Å²) in [5, 5.41) is 19.2. The van der Waals surface area contributed by atoms with E-state index in [9.17, 15) is 19.7 Å². The molecule has 0 spiro atoms. The number of amides is 1. The van der Waals surface area contributed by atoms with Gasteiger partial charge in [-0.25, -0.2) is 0 Å². The highest BCUT2D eigenvalue weighted by Gasteiger charge is 2.24. The molecule has 1 aromatic heterocycles. The maximum absolute atomic E-state index is 12.0. The quantitative estimate of drug-likeness (QED) is 0.616. The molecule has 1 N–H and O–H groups in total. The minimum atomic E-state index is -1.16. The van der Waals surface area contributed by atoms with Crippen molar-refractivity contribution >= 4 is 17.8 Å². The highest BCUT2D eigenvalue weighted by molar-refractivity contribution is 5.93. The molecule has 0 saturated carbocycles. The summed E-state index contributed by atoms with van der Waals surface area (Å²) < 4.78 is 4.77. The molecule has 0 atom stereocenters. The molecule has 8 heteroatoms. The van der Waals surface area contributed by atoms with Crippen molar-refractivity contribution in [3.8, 4) is 0 Å². The van der Waals surface area contributed by atoms with Crippen LogP contribution in [0.25, 0.3) is 0 Å². The molecular weight excluding hydrogens is 256 g/mol. The number of hydrogen-bond acceptors (Lipinski definition) is 5. The zero-order valence-electron chi connectivity index (χ0n) is 10.5. The van der Waals surface area contributed by atoms with Crippen LogP contribution in [0, 0.1) is 16.0 Å². The van der Waals surface area contributed by atoms with Gasteiger partial charge in [0.1, 0.15) is 11.5 Å². The first-order valence-electron chi connectivity index (χ1n) is 5.56. The lowest BCUT2D eigenvalue weighted by molar-refractivity contribution is -0.402. The van der Waals surface area contributed by atoms with Gasteiger partial charge >= 0.3 is 11.9 Å². The van der Waals surface area contributed by atoms with Gasteiger partial charge in [-0.2, -0.15) is 0 Å². The fourth-order valence-corrected chi connectivity index (χ4v) is 1.52. The number of furan rings is 1. The summed E-state index contributed by atoms with van der Waals surface area (Å²) in [5.74, 6) is -2.57. The zero-order valence-corrected chi connectivity index (χ0v) is 10.5. The van der Waals surface area contributed by atoms with Gasteiger partial charge in [0.05, 0.1) is 6.07 Å². The highest BCUT2D eigenvalue weighted by atomic mass is 16.6. The van der Waals surface area contributed by atoms with E-state index in [-0.39, 0.29) is 18.2 Å². The lowest BCUT2D eigenvalue weighted by atomic mass is 10.2. The van der Waals surface area contributed by atoms with E-state index in [2.05, 4.69) is 0 Å². The summed E-state index contributed by atoms with van der Waals surface area (Å²) in [6.07, 6.45) is 0. The number of nitrogens with zero attached hydrogens (tertiary/aromatic N) is 2. The fraction of sp³-hybridized carbons (Fsp3) is 0.455. The van der Waals surface area contributed by atoms with Gasteiger partial charge in [0.2, 0.25) is 0 Å². The Morgan fingerprint density at radius 3 is 2.53 bits per heavy atom. The number of carbonyl (C=O) groups excluding carboxylic acids is 1. The zero-order chi connectivity index (χ0) is 14.6. The Labute approximate surface area is 108 Å². The lowest BCUT2D eigenvalue weighted by Crippen LogP contribution is -2.38. The number of rotatable bonds is 6. The summed E-state index contributed by atoms with van der Waals surface area (Å²) in [6, 6.07) is 2.22. The van der Waals surface area contributed by atoms with Crippen LogP contribution < -0.4 is 0 Å². The van der Waals surface area contributed by atoms with Crippen LogP contribution in [-0.4, -0.2) is 39.9 Å². The van der Waals surface area contributed by atoms with Crippen molar-refractivity contribution in [2.45, 2.75) is 13.8 Å². The fourth-order valence-electron chi connectivity index (χ4n) is 1.52. The van der Waals surface area contributed by atoms with Crippen molar-refractivity contribution < 1.29 is 24.0 Å². The third kappa shape index (κ3) is 4.09. The number of hydrogen-bond donors (Lipinski definition) is 1. The summed E-state index contributed by atoms with van der Waals surface area (Å²) in [5.41, 5.74) is 0. The number of carboxylic acid groups (broad SMARTS) is 1. The van der Waals surface area contributed by atoms with Gasteiger partial charge in [-0.05, 0) is 12.0 Å². The van der Waals surface area contributed by atoms with E-state index in [0.717, 1.165) is 17.0 Å². The molecule has 1 heterocycles. The lowest BCUT2D eigenvalue weighted by Gasteiger charge is -2.21. The average molecular weight is 270 g/mol. The number of carboxylic acids is 1. The molecule has 1 rings (SSSR count). The van der Waals surface area contributed by atoms with Crippen LogP contribution in [0.4, 0.5) is 5.88 Å². The van der Waals surface area contributed by atoms with E-state index < -0.39 is 29.2 Å². The largest absolute Gasteiger partial charge is 0.480 e. The van der Waals surface area contributed by atoms with E-state index in [4.69, 9.17) is 9.52 Å². The van der Waals surface area contributed by atoms with Gasteiger partial charge in [0, 0.05) is 6.54 Å². The molecule has 0 unspecified atom stereocenters. The van der Waals surface area contributed by atoms with Gasteiger partial charge in [-0.1, -0.05) is 13.8 Å². The van der Waals surface area contributed by atoms with Gasteiger partial charge in [0.15, 0.2) is 5.76 Å². The number of carbonyl (C=O) groups is 2. The smallest absolute Gasteiger partial charge is 0.433 e. The monoisotopic (exact) mass is 270 g/mol. The third-order valence-corrected chi connectivity index (χ3v) is 2.18. The molecule has 0 fully saturated rings. The predicted octanol–water partition coefficient (Wildman–Crippen LogP) is 1.37. The van der Waals surface area contributed by atoms with Crippen LogP contribution in [0.5, 0.6) is 0 Å². The molecule has 0 radical (unpaired) electrons. The molecule has 0 saturated heterocycles. The topological polar surface area (TPSA) is 114 Å². The van der Waals surface area contributed by atoms with Crippen LogP contribution in [0.1, 0.15) is 24.4 Å². The molecule has 0 aliphatic rings. The molecule has 104 valence electrons. The van der Waals surface area contributed by atoms with E-state index in [1.54, 1.807) is 0 Å². The second-order valence-corrected chi connectivity index (χ2v) is 4.37. The molecule has 1 amide bonds. The van der Waals surface area contributed by atoms with E-state index in [0.29, 0.717) is 0 Å². The molecule has 1 aromatic rings. The summed E-state index contributed by atoms with van der Waals surface area (Å²) in [4.78, 5) is 33.5. The number of aliphatic carboxylic acids is 1. The third-order valence-electron chi connectivity index (χ3n) is 2.18. The average Bonchev–Trinajstić information content (AvgIpc) is 2.75. The highest BCUT2D eigenvalue weighted by Crippen LogP contribution is 2.17. The van der Waals surface area contributed by atoms with Crippen LogP contribution in [0.2, 0.25) is 0 Å². The van der Waals surface area contributed by atoms with Gasteiger partial charge in [-0.3, -0.25) is 19.7 Å². The molecule has 0 aliphatic heterocycles. The van der Waals surface area contributed by atoms with Crippen molar-refractivity contribution in [3.05, 3.63) is 28.0 Å². The Morgan fingerprint density at radius 1 is 1.47 bits per heavy atom. The van der Waals surface area contributed by atoms with Crippen LogP contribution in [0.3, 0.4) is 0 Å². The molecule has 19 heavy (non-hydrogen) atoms. The van der Waals surface area contributed by atoms with Crippen molar-refractivity contribution in [1.82, 2.24) is 4.90 Å². The Bertz CT molecular complexity index is 493. The predicted molar refractivity (Wildman–Crippen MR) is 63.7 cm³/mol. The Kier molecular flexibility index (Phi) is 4.62. The first-order chi connectivity index (χ1) is 8.81. The van der Waals surface area contributed by atoms with Gasteiger partial charge < -0.3 is 14.4 Å². The second-order valence-electron chi connectivity index (χ2n) is 4.37. The molecule has 8 nitrogen and oxygen atoms in total. The van der Waals surface area contributed by atoms with Crippen molar-refractivity contribution in [2.75, 3.05) is 13.1 Å². The number of nitro groups is 1. The molecule has 0 bridgehead atoms. The van der Waals surface area contributed by atoms with Crippen molar-refractivity contribution in [1.29, 1.82) is 0 Å². The standard InChI is InChI=1S/C11H14N2O6/c1-7(2)5-12(6-10(14)15)11(16)8-3-4-9(19-8)13(17)18/h3-4,7H,5-6H2,1-2H3,(H,14,15). The Morgan fingerprint density at radius 2 is 2.11 bits per heavy atom. The molecule has 0 aliphatic carbocycles. The van der Waals surface area contributed by atoms with Crippen LogP contribution in [0.15, 0.2) is 16.5 Å². The van der Waals surface area contributed by atoms with Gasteiger partial charge in [-0.15, -0.1) is 0 Å². The normalized spacial score (nSPS) is 10.5. The molecular formula is C11H14N2O6. The second kappa shape index (κ2) is 5.98. The van der Waals surface area contributed by atoms with E-state index in [1.165, 1.54) is 0 Å². The first kappa shape index (κ1) is 14.7. The molecule has 0 aromatic carbocycles. The Hall–Kier alpha value is -2.38. The van der Waals surface area contributed by atoms with Crippen LogP contribution >= 0.6 is 0 Å². The summed E-state index contributed by atoms with van der Waals surface area (Å²) >= 11 is 0. The minimum absolute atomic E-state index is 0.0632. The van der Waals surface area contributed by atoms with E-state index in [1.807, 2.05) is 13.8 Å². The first-order valence-corrected chi connectivity index (χ1v) is 5.56. The van der Waals surface area contributed by atoms with Gasteiger partial charge in [0.25, 0.3) is 5.91 Å². The maximum Gasteiger partial charge on any atom is 0.433 e. The minimum Gasteiger partial charge on any atom is -0.480 e. The SMILES string of the molecule is CC(C)CN(CC(=O)O)C(=O)c1ccc([N+](=O)[O-])o1. The van der Waals surface area contributed by atoms with Crippen LogP contribution in [-0.2, 0) is 4.79 Å². The summed E-state index contributed by atoms with van der Waals surface area (Å²) in [7, 11) is 0. The van der Waals surface area contributed by atoms with Crippen molar-refractivity contribution in [2.24, 2.45) is 5.92 Å². The Balaban J connectivity index is 2.90. The maximum atomic E-state index is 12.0.